The van der Waals surface area contributed by atoms with Crippen LogP contribution in [-0.2, 0) is 32.0 Å². The third kappa shape index (κ3) is 10.7. The van der Waals surface area contributed by atoms with Crippen LogP contribution in [0, 0.1) is 0 Å². The maximum Gasteiger partial charge on any atom is 0.326 e. The van der Waals surface area contributed by atoms with Crippen LogP contribution in [0.1, 0.15) is 30.4 Å². The average molecular weight is 514 g/mol. The van der Waals surface area contributed by atoms with Gasteiger partial charge in [-0.1, -0.05) is 42.5 Å². The topological polar surface area (TPSA) is 197 Å². The lowest BCUT2D eigenvalue weighted by Gasteiger charge is -2.22. The maximum absolute atomic E-state index is 13.0. The largest absolute Gasteiger partial charge is 0.508 e. The molecule has 0 heterocycles. The van der Waals surface area contributed by atoms with Crippen molar-refractivity contribution in [2.45, 2.75) is 50.2 Å². The minimum Gasteiger partial charge on any atom is -0.508 e. The third-order valence-corrected chi connectivity index (χ3v) is 5.65. The highest BCUT2D eigenvalue weighted by atomic mass is 16.4. The van der Waals surface area contributed by atoms with Gasteiger partial charge in [0.15, 0.2) is 0 Å². The van der Waals surface area contributed by atoms with Gasteiger partial charge in [0.25, 0.3) is 0 Å². The minimum atomic E-state index is -1.18. The van der Waals surface area contributed by atoms with Gasteiger partial charge in [0.1, 0.15) is 17.8 Å². The van der Waals surface area contributed by atoms with Crippen molar-refractivity contribution in [3.63, 3.8) is 0 Å². The van der Waals surface area contributed by atoms with Crippen LogP contribution < -0.4 is 27.4 Å². The Morgan fingerprint density at radius 2 is 1.46 bits per heavy atom. The fourth-order valence-electron chi connectivity index (χ4n) is 3.60. The fraction of sp³-hybridized carbons (Fsp3) is 0.385. The Morgan fingerprint density at radius 1 is 0.811 bits per heavy atom. The first-order valence-corrected chi connectivity index (χ1v) is 12.1. The van der Waals surface area contributed by atoms with Crippen LogP contribution in [0.2, 0.25) is 0 Å². The summed E-state index contributed by atoms with van der Waals surface area (Å²) in [5.74, 6) is -2.91. The zero-order valence-electron chi connectivity index (χ0n) is 20.6. The van der Waals surface area contributed by atoms with E-state index in [1.807, 2.05) is 6.07 Å². The molecule has 3 unspecified atom stereocenters. The van der Waals surface area contributed by atoms with E-state index in [0.717, 1.165) is 11.1 Å². The first-order chi connectivity index (χ1) is 17.7. The van der Waals surface area contributed by atoms with Crippen LogP contribution in [0.5, 0.6) is 5.75 Å². The van der Waals surface area contributed by atoms with Gasteiger partial charge in [0, 0.05) is 6.42 Å². The average Bonchev–Trinajstić information content (AvgIpc) is 2.88. The van der Waals surface area contributed by atoms with E-state index in [1.54, 1.807) is 36.4 Å². The minimum absolute atomic E-state index is 0.0952. The molecule has 0 aliphatic carbocycles. The smallest absolute Gasteiger partial charge is 0.326 e. The molecule has 0 aliphatic heterocycles. The van der Waals surface area contributed by atoms with Crippen molar-refractivity contribution in [2.75, 3.05) is 13.1 Å². The normalized spacial score (nSPS) is 13.1. The van der Waals surface area contributed by atoms with Gasteiger partial charge in [-0.15, -0.1) is 0 Å². The molecule has 3 amide bonds. The Hall–Kier alpha value is -3.96. The summed E-state index contributed by atoms with van der Waals surface area (Å²) < 4.78 is 0. The molecule has 2 rings (SSSR count). The van der Waals surface area contributed by atoms with E-state index in [0.29, 0.717) is 19.4 Å². The quantitative estimate of drug-likeness (QED) is 0.159. The number of carboxylic acid groups (broad SMARTS) is 1. The van der Waals surface area contributed by atoms with Crippen LogP contribution in [0.15, 0.2) is 54.6 Å². The van der Waals surface area contributed by atoms with Crippen molar-refractivity contribution in [2.24, 2.45) is 11.5 Å². The molecule has 37 heavy (non-hydrogen) atoms. The molecule has 0 spiro atoms. The molecule has 0 radical (unpaired) electrons. The van der Waals surface area contributed by atoms with Crippen LogP contribution in [0.3, 0.4) is 0 Å². The van der Waals surface area contributed by atoms with Gasteiger partial charge in [0.05, 0.1) is 12.6 Å². The molecule has 200 valence electrons. The molecule has 0 aliphatic rings. The lowest BCUT2D eigenvalue weighted by atomic mass is 10.0. The maximum atomic E-state index is 13.0. The highest BCUT2D eigenvalue weighted by Gasteiger charge is 2.27. The van der Waals surface area contributed by atoms with Crippen LogP contribution >= 0.6 is 0 Å². The van der Waals surface area contributed by atoms with E-state index in [4.69, 9.17) is 11.5 Å². The number of aromatic hydroxyl groups is 1. The lowest BCUT2D eigenvalue weighted by Crippen LogP contribution is -2.54. The number of aliphatic carboxylic acids is 1. The molecule has 0 fully saturated rings. The van der Waals surface area contributed by atoms with Crippen molar-refractivity contribution in [1.29, 1.82) is 0 Å². The van der Waals surface area contributed by atoms with E-state index in [1.165, 1.54) is 12.1 Å². The summed E-state index contributed by atoms with van der Waals surface area (Å²) in [5.41, 5.74) is 12.9. The first kappa shape index (κ1) is 29.3. The molecule has 9 N–H and O–H groups in total. The number of nitrogens with two attached hydrogens (primary N) is 2. The summed E-state index contributed by atoms with van der Waals surface area (Å²) >= 11 is 0. The van der Waals surface area contributed by atoms with Gasteiger partial charge in [-0.2, -0.15) is 0 Å². The summed E-state index contributed by atoms with van der Waals surface area (Å²) in [6, 6.07) is 12.1. The number of benzene rings is 2. The summed E-state index contributed by atoms with van der Waals surface area (Å²) in [5, 5.41) is 26.4. The van der Waals surface area contributed by atoms with E-state index >= 15 is 0 Å². The first-order valence-electron chi connectivity index (χ1n) is 12.1. The number of unbranched alkanes of at least 4 members (excludes halogenated alkanes) is 1. The molecular weight excluding hydrogens is 478 g/mol. The number of carbonyl (C=O) groups is 4. The predicted octanol–water partition coefficient (Wildman–Crippen LogP) is -0.196. The number of phenols is 1. The standard InChI is InChI=1S/C26H35N5O6/c27-13-5-4-8-21(26(36)37)31-25(35)22(15-17-6-2-1-3-7-17)30-23(33)16-29-24(34)20(28)14-18-9-11-19(32)12-10-18/h1-3,6-7,9-12,20-22,32H,4-5,8,13-16,27-28H2,(H,29,34)(H,30,33)(H,31,35)(H,36,37). The van der Waals surface area contributed by atoms with Gasteiger partial charge >= 0.3 is 5.97 Å². The summed E-state index contributed by atoms with van der Waals surface area (Å²) in [6.45, 7) is -0.00314. The van der Waals surface area contributed by atoms with Crippen LogP contribution in [-0.4, -0.2) is 65.1 Å². The molecule has 11 heteroatoms. The molecule has 2 aromatic carbocycles. The summed E-state index contributed by atoms with van der Waals surface area (Å²) in [4.78, 5) is 49.5. The SMILES string of the molecule is NCCCCC(NC(=O)C(Cc1ccccc1)NC(=O)CNC(=O)C(N)Cc1ccc(O)cc1)C(=O)O. The monoisotopic (exact) mass is 513 g/mol. The number of rotatable bonds is 15. The van der Waals surface area contributed by atoms with E-state index in [-0.39, 0.29) is 25.0 Å². The van der Waals surface area contributed by atoms with Gasteiger partial charge in [-0.3, -0.25) is 14.4 Å². The highest BCUT2D eigenvalue weighted by Crippen LogP contribution is 2.11. The zero-order valence-corrected chi connectivity index (χ0v) is 20.6. The van der Waals surface area contributed by atoms with Crippen molar-refractivity contribution in [1.82, 2.24) is 16.0 Å². The number of carboxylic acids is 1. The predicted molar refractivity (Wildman–Crippen MR) is 137 cm³/mol. The Morgan fingerprint density at radius 3 is 2.08 bits per heavy atom. The molecule has 3 atom stereocenters. The molecule has 0 bridgehead atoms. The molecular formula is C26H35N5O6. The second-order valence-corrected chi connectivity index (χ2v) is 8.69. The molecule has 0 saturated heterocycles. The Labute approximate surface area is 215 Å². The summed E-state index contributed by atoms with van der Waals surface area (Å²) in [6.07, 6.45) is 1.69. The number of carbonyl (C=O) groups excluding carboxylic acids is 3. The van der Waals surface area contributed by atoms with Gasteiger partial charge < -0.3 is 37.6 Å². The second kappa shape index (κ2) is 15.2. The lowest BCUT2D eigenvalue weighted by molar-refractivity contribution is -0.142. The van der Waals surface area contributed by atoms with Crippen LogP contribution in [0.25, 0.3) is 0 Å². The van der Waals surface area contributed by atoms with Crippen molar-refractivity contribution in [3.8, 4) is 5.75 Å². The van der Waals surface area contributed by atoms with E-state index in [2.05, 4.69) is 16.0 Å². The van der Waals surface area contributed by atoms with Crippen molar-refractivity contribution >= 4 is 23.7 Å². The molecule has 2 aromatic rings. The Balaban J connectivity index is 1.98. The number of hydrogen-bond acceptors (Lipinski definition) is 7. The third-order valence-electron chi connectivity index (χ3n) is 5.65. The molecule has 0 saturated carbocycles. The van der Waals surface area contributed by atoms with Gasteiger partial charge in [-0.25, -0.2) is 4.79 Å². The number of amides is 3. The highest BCUT2D eigenvalue weighted by molar-refractivity contribution is 5.92. The summed E-state index contributed by atoms with van der Waals surface area (Å²) in [7, 11) is 0. The van der Waals surface area contributed by atoms with E-state index in [9.17, 15) is 29.4 Å². The molecule has 11 nitrogen and oxygen atoms in total. The van der Waals surface area contributed by atoms with Gasteiger partial charge in [-0.05, 0) is 55.5 Å². The Kier molecular flexibility index (Phi) is 12.0. The second-order valence-electron chi connectivity index (χ2n) is 8.69. The van der Waals surface area contributed by atoms with Crippen LogP contribution in [0.4, 0.5) is 0 Å². The van der Waals surface area contributed by atoms with Crippen molar-refractivity contribution < 1.29 is 29.4 Å². The Bertz CT molecular complexity index is 1030. The van der Waals surface area contributed by atoms with E-state index < -0.39 is 48.4 Å². The van der Waals surface area contributed by atoms with Gasteiger partial charge in [0.2, 0.25) is 17.7 Å². The molecule has 0 aromatic heterocycles. The number of hydrogen-bond donors (Lipinski definition) is 7. The van der Waals surface area contributed by atoms with Crippen molar-refractivity contribution in [3.05, 3.63) is 65.7 Å². The number of nitrogens with one attached hydrogen (secondary N) is 3. The zero-order chi connectivity index (χ0) is 27.2. The number of phenolic OH excluding ortho intramolecular Hbond substituents is 1. The fourth-order valence-corrected chi connectivity index (χ4v) is 3.60.